The zero-order valence-electron chi connectivity index (χ0n) is 15.0. The number of nitrogens with zero attached hydrogens (tertiary/aromatic N) is 1. The van der Waals surface area contributed by atoms with Crippen LogP contribution in [0.5, 0.6) is 11.5 Å². The molecule has 0 spiro atoms. The number of ether oxygens (including phenoxy) is 2. The van der Waals surface area contributed by atoms with Gasteiger partial charge in [-0.3, -0.25) is 10.2 Å². The van der Waals surface area contributed by atoms with Crippen molar-refractivity contribution in [2.24, 2.45) is 5.92 Å². The summed E-state index contributed by atoms with van der Waals surface area (Å²) in [6, 6.07) is 13.5. The lowest BCUT2D eigenvalue weighted by Crippen LogP contribution is -2.45. The van der Waals surface area contributed by atoms with E-state index >= 15 is 0 Å². The average molecular weight is 371 g/mol. The highest BCUT2D eigenvalue weighted by molar-refractivity contribution is 5.80. The van der Waals surface area contributed by atoms with Crippen LogP contribution in [0.3, 0.4) is 0 Å². The van der Waals surface area contributed by atoms with Crippen LogP contribution < -0.4 is 20.3 Å². The molecular formula is C20H22FN3O3. The van der Waals surface area contributed by atoms with Crippen molar-refractivity contribution in [3.05, 3.63) is 59.9 Å². The van der Waals surface area contributed by atoms with Gasteiger partial charge in [0.2, 0.25) is 5.91 Å². The van der Waals surface area contributed by atoms with Crippen molar-refractivity contribution < 1.29 is 18.7 Å². The second-order valence-electron chi connectivity index (χ2n) is 6.88. The van der Waals surface area contributed by atoms with Gasteiger partial charge in [0.25, 0.3) is 0 Å². The van der Waals surface area contributed by atoms with Gasteiger partial charge in [0.05, 0.1) is 18.5 Å². The van der Waals surface area contributed by atoms with Crippen LogP contribution in [0.25, 0.3) is 0 Å². The fourth-order valence-electron chi connectivity index (χ4n) is 3.54. The fourth-order valence-corrected chi connectivity index (χ4v) is 3.54. The Labute approximate surface area is 157 Å². The molecule has 142 valence electrons. The van der Waals surface area contributed by atoms with Crippen LogP contribution in [-0.4, -0.2) is 43.7 Å². The first-order valence-corrected chi connectivity index (χ1v) is 8.99. The summed E-state index contributed by atoms with van der Waals surface area (Å²) < 4.78 is 24.9. The van der Waals surface area contributed by atoms with Gasteiger partial charge >= 0.3 is 0 Å². The summed E-state index contributed by atoms with van der Waals surface area (Å²) in [6.45, 7) is 1.34. The molecule has 2 aliphatic rings. The Balaban J connectivity index is 1.40. The highest BCUT2D eigenvalue weighted by atomic mass is 19.1. The molecule has 2 aromatic carbocycles. The molecule has 6 nitrogen and oxygen atoms in total. The fraction of sp³-hybridized carbons (Fsp3) is 0.350. The molecular weight excluding hydrogens is 349 g/mol. The molecule has 0 aromatic heterocycles. The largest absolute Gasteiger partial charge is 0.486 e. The minimum atomic E-state index is -0.292. The molecule has 2 aliphatic heterocycles. The van der Waals surface area contributed by atoms with Gasteiger partial charge in [-0.1, -0.05) is 24.3 Å². The summed E-state index contributed by atoms with van der Waals surface area (Å²) >= 11 is 0. The zero-order chi connectivity index (χ0) is 18.8. The van der Waals surface area contributed by atoms with E-state index in [4.69, 9.17) is 9.47 Å². The molecule has 27 heavy (non-hydrogen) atoms. The summed E-state index contributed by atoms with van der Waals surface area (Å²) in [5.41, 5.74) is 7.03. The highest BCUT2D eigenvalue weighted by Gasteiger charge is 2.36. The molecule has 2 N–H and O–H groups in total. The van der Waals surface area contributed by atoms with Crippen LogP contribution in [0.2, 0.25) is 0 Å². The van der Waals surface area contributed by atoms with Gasteiger partial charge in [-0.2, -0.15) is 0 Å². The predicted octanol–water partition coefficient (Wildman–Crippen LogP) is 1.89. The Hall–Kier alpha value is -2.64. The SMILES string of the molecule is CN(CC1COc2ccccc2O1)C(=O)C1CNNC1c1ccc(F)cc1. The number of carbonyl (C=O) groups is 1. The van der Waals surface area contributed by atoms with Gasteiger partial charge in [-0.15, -0.1) is 0 Å². The second kappa shape index (κ2) is 7.54. The van der Waals surface area contributed by atoms with Crippen molar-refractivity contribution in [3.8, 4) is 11.5 Å². The van der Waals surface area contributed by atoms with Crippen LogP contribution in [0.15, 0.2) is 48.5 Å². The summed E-state index contributed by atoms with van der Waals surface area (Å²) in [5.74, 6) is 0.854. The molecule has 0 bridgehead atoms. The number of para-hydroxylation sites is 2. The molecule has 1 amide bonds. The van der Waals surface area contributed by atoms with E-state index in [1.165, 1.54) is 12.1 Å². The van der Waals surface area contributed by atoms with Crippen molar-refractivity contribution >= 4 is 5.91 Å². The normalized spacial score (nSPS) is 23.9. The van der Waals surface area contributed by atoms with Gasteiger partial charge in [-0.25, -0.2) is 9.82 Å². The minimum Gasteiger partial charge on any atom is -0.486 e. The van der Waals surface area contributed by atoms with E-state index in [1.807, 2.05) is 24.3 Å². The maximum atomic E-state index is 13.2. The van der Waals surface area contributed by atoms with E-state index in [1.54, 1.807) is 24.1 Å². The Bertz CT molecular complexity index is 814. The quantitative estimate of drug-likeness (QED) is 0.860. The maximum absolute atomic E-state index is 13.2. The van der Waals surface area contributed by atoms with E-state index in [0.717, 1.165) is 11.3 Å². The van der Waals surface area contributed by atoms with E-state index in [2.05, 4.69) is 10.9 Å². The summed E-state index contributed by atoms with van der Waals surface area (Å²) in [4.78, 5) is 14.7. The van der Waals surface area contributed by atoms with E-state index in [0.29, 0.717) is 25.4 Å². The number of carbonyl (C=O) groups excluding carboxylic acids is 1. The number of likely N-dealkylation sites (N-methyl/N-ethyl adjacent to an activating group) is 1. The number of rotatable bonds is 4. The Morgan fingerprint density at radius 3 is 2.70 bits per heavy atom. The molecule has 0 radical (unpaired) electrons. The lowest BCUT2D eigenvalue weighted by Gasteiger charge is -2.31. The van der Waals surface area contributed by atoms with Crippen LogP contribution in [-0.2, 0) is 4.79 Å². The number of nitrogens with one attached hydrogen (secondary N) is 2. The number of fused-ring (bicyclic) bond motifs is 1. The van der Waals surface area contributed by atoms with E-state index in [9.17, 15) is 9.18 Å². The van der Waals surface area contributed by atoms with Crippen molar-refractivity contribution in [2.45, 2.75) is 12.1 Å². The third-order valence-corrected chi connectivity index (χ3v) is 4.95. The van der Waals surface area contributed by atoms with Crippen molar-refractivity contribution in [1.82, 2.24) is 15.8 Å². The van der Waals surface area contributed by atoms with Gasteiger partial charge in [-0.05, 0) is 29.8 Å². The standard InChI is InChI=1S/C20H22FN3O3/c1-24(11-15-12-26-17-4-2-3-5-18(17)27-15)20(25)16-10-22-23-19(16)13-6-8-14(21)9-7-13/h2-9,15-16,19,22-23H,10-12H2,1H3. The van der Waals surface area contributed by atoms with Crippen LogP contribution in [0, 0.1) is 11.7 Å². The predicted molar refractivity (Wildman–Crippen MR) is 97.8 cm³/mol. The summed E-state index contributed by atoms with van der Waals surface area (Å²) in [7, 11) is 1.77. The lowest BCUT2D eigenvalue weighted by molar-refractivity contribution is -0.135. The summed E-state index contributed by atoms with van der Waals surface area (Å²) in [5, 5.41) is 0. The molecule has 1 fully saturated rings. The Morgan fingerprint density at radius 2 is 1.93 bits per heavy atom. The van der Waals surface area contributed by atoms with Gasteiger partial charge < -0.3 is 14.4 Å². The number of hydrogen-bond donors (Lipinski definition) is 2. The van der Waals surface area contributed by atoms with E-state index in [-0.39, 0.29) is 29.8 Å². The molecule has 2 heterocycles. The molecule has 3 atom stereocenters. The zero-order valence-corrected chi connectivity index (χ0v) is 15.0. The Kier molecular flexibility index (Phi) is 4.96. The third-order valence-electron chi connectivity index (χ3n) is 4.95. The molecule has 4 rings (SSSR count). The molecule has 3 unspecified atom stereocenters. The van der Waals surface area contributed by atoms with Crippen molar-refractivity contribution in [3.63, 3.8) is 0 Å². The van der Waals surface area contributed by atoms with Crippen molar-refractivity contribution in [2.75, 3.05) is 26.7 Å². The average Bonchev–Trinajstić information content (AvgIpc) is 3.17. The molecule has 0 saturated carbocycles. The highest BCUT2D eigenvalue weighted by Crippen LogP contribution is 2.31. The number of halogens is 1. The van der Waals surface area contributed by atoms with Gasteiger partial charge in [0, 0.05) is 13.6 Å². The molecule has 7 heteroatoms. The van der Waals surface area contributed by atoms with E-state index < -0.39 is 0 Å². The second-order valence-corrected chi connectivity index (χ2v) is 6.88. The first-order valence-electron chi connectivity index (χ1n) is 8.99. The number of hydrazine groups is 1. The maximum Gasteiger partial charge on any atom is 0.228 e. The van der Waals surface area contributed by atoms with Crippen LogP contribution in [0.1, 0.15) is 11.6 Å². The van der Waals surface area contributed by atoms with Crippen LogP contribution >= 0.6 is 0 Å². The third kappa shape index (κ3) is 3.74. The number of benzene rings is 2. The van der Waals surface area contributed by atoms with Gasteiger partial charge in [0.1, 0.15) is 12.4 Å². The Morgan fingerprint density at radius 1 is 1.19 bits per heavy atom. The molecule has 1 saturated heterocycles. The summed E-state index contributed by atoms with van der Waals surface area (Å²) in [6.07, 6.45) is -0.222. The number of hydrogen-bond acceptors (Lipinski definition) is 5. The lowest BCUT2D eigenvalue weighted by atomic mass is 9.93. The molecule has 0 aliphatic carbocycles. The van der Waals surface area contributed by atoms with Gasteiger partial charge in [0.15, 0.2) is 17.6 Å². The number of amides is 1. The van der Waals surface area contributed by atoms with Crippen LogP contribution in [0.4, 0.5) is 4.39 Å². The van der Waals surface area contributed by atoms with Crippen molar-refractivity contribution in [1.29, 1.82) is 0 Å². The molecule has 2 aromatic rings. The first kappa shape index (κ1) is 17.8. The smallest absolute Gasteiger partial charge is 0.228 e. The minimum absolute atomic E-state index is 0.00397. The first-order chi connectivity index (χ1) is 13.1. The topological polar surface area (TPSA) is 62.8 Å². The monoisotopic (exact) mass is 371 g/mol.